The molecule has 1 amide bonds. The number of benzene rings is 1. The summed E-state index contributed by atoms with van der Waals surface area (Å²) in [5, 5.41) is 2.75. The first kappa shape index (κ1) is 31.1. The van der Waals surface area contributed by atoms with E-state index in [1.807, 2.05) is 13.8 Å². The molecule has 0 aromatic heterocycles. The number of hydrogen-bond donors (Lipinski definition) is 1. The van der Waals surface area contributed by atoms with Crippen LogP contribution < -0.4 is 5.32 Å². The number of carbonyl (C=O) groups excluding carboxylic acids is 1. The molecule has 0 bridgehead atoms. The summed E-state index contributed by atoms with van der Waals surface area (Å²) in [5.74, 6) is 6.84. The highest BCUT2D eigenvalue weighted by Gasteiger charge is 2.31. The van der Waals surface area contributed by atoms with Gasteiger partial charge in [-0.15, -0.1) is 0 Å². The SMILES string of the molecule is CC(C)C#CCNC(=O)COCCOC(SSc1cccc(CCC(C)C)c1)C(C)[Si](C)(C)C. The van der Waals surface area contributed by atoms with Crippen molar-refractivity contribution in [3.63, 3.8) is 0 Å². The Bertz CT molecular complexity index is 784. The molecule has 0 aliphatic heterocycles. The molecule has 192 valence electrons. The summed E-state index contributed by atoms with van der Waals surface area (Å²) < 4.78 is 11.8. The van der Waals surface area contributed by atoms with Crippen molar-refractivity contribution in [1.29, 1.82) is 0 Å². The van der Waals surface area contributed by atoms with Gasteiger partial charge in [0.15, 0.2) is 0 Å². The lowest BCUT2D eigenvalue weighted by atomic mass is 10.0. The van der Waals surface area contributed by atoms with Gasteiger partial charge in [-0.05, 0) is 42.0 Å². The zero-order valence-electron chi connectivity index (χ0n) is 22.4. The fraction of sp³-hybridized carbons (Fsp3) is 0.667. The van der Waals surface area contributed by atoms with Crippen LogP contribution in [0, 0.1) is 23.7 Å². The average molecular weight is 524 g/mol. The van der Waals surface area contributed by atoms with Crippen LogP contribution in [0.4, 0.5) is 0 Å². The molecule has 1 rings (SSSR count). The van der Waals surface area contributed by atoms with Gasteiger partial charge in [0.2, 0.25) is 5.91 Å². The zero-order valence-corrected chi connectivity index (χ0v) is 25.0. The van der Waals surface area contributed by atoms with Crippen LogP contribution in [-0.4, -0.2) is 45.8 Å². The summed E-state index contributed by atoms with van der Waals surface area (Å²) in [5.41, 5.74) is 1.97. The van der Waals surface area contributed by atoms with Crippen molar-refractivity contribution in [3.05, 3.63) is 29.8 Å². The first-order chi connectivity index (χ1) is 16.0. The monoisotopic (exact) mass is 523 g/mol. The van der Waals surface area contributed by atoms with E-state index >= 15 is 0 Å². The van der Waals surface area contributed by atoms with E-state index in [4.69, 9.17) is 9.47 Å². The van der Waals surface area contributed by atoms with Crippen molar-refractivity contribution in [3.8, 4) is 11.8 Å². The fourth-order valence-corrected chi connectivity index (χ4v) is 7.90. The van der Waals surface area contributed by atoms with E-state index in [0.717, 1.165) is 6.42 Å². The molecule has 0 saturated heterocycles. The lowest BCUT2D eigenvalue weighted by Gasteiger charge is -2.32. The first-order valence-electron chi connectivity index (χ1n) is 12.4. The lowest BCUT2D eigenvalue weighted by Crippen LogP contribution is -2.34. The molecule has 4 nitrogen and oxygen atoms in total. The minimum atomic E-state index is -1.39. The number of rotatable bonds is 15. The van der Waals surface area contributed by atoms with Crippen molar-refractivity contribution in [2.24, 2.45) is 11.8 Å². The van der Waals surface area contributed by atoms with Crippen molar-refractivity contribution < 1.29 is 14.3 Å². The molecule has 7 heteroatoms. The topological polar surface area (TPSA) is 47.6 Å². The summed E-state index contributed by atoms with van der Waals surface area (Å²) in [4.78, 5) is 13.1. The third-order valence-electron chi connectivity index (χ3n) is 5.43. The third-order valence-corrected chi connectivity index (χ3v) is 11.4. The Morgan fingerprint density at radius 1 is 1.12 bits per heavy atom. The van der Waals surface area contributed by atoms with E-state index < -0.39 is 8.07 Å². The van der Waals surface area contributed by atoms with Gasteiger partial charge in [-0.2, -0.15) is 0 Å². The van der Waals surface area contributed by atoms with Gasteiger partial charge in [-0.3, -0.25) is 4.79 Å². The number of nitrogens with one attached hydrogen (secondary N) is 1. The highest BCUT2D eigenvalue weighted by Crippen LogP contribution is 2.43. The molecule has 0 radical (unpaired) electrons. The second kappa shape index (κ2) is 16.7. The Morgan fingerprint density at radius 3 is 2.50 bits per heavy atom. The van der Waals surface area contributed by atoms with Crippen molar-refractivity contribution in [2.75, 3.05) is 26.4 Å². The van der Waals surface area contributed by atoms with Gasteiger partial charge in [0.05, 0.1) is 27.8 Å². The number of aryl methyl sites for hydroxylation is 1. The summed E-state index contributed by atoms with van der Waals surface area (Å²) in [6, 6.07) is 8.87. The smallest absolute Gasteiger partial charge is 0.246 e. The summed E-state index contributed by atoms with van der Waals surface area (Å²) in [7, 11) is 2.21. The molecule has 0 aliphatic carbocycles. The molecule has 0 fully saturated rings. The van der Waals surface area contributed by atoms with Gasteiger partial charge in [-0.1, -0.05) is 99.8 Å². The highest BCUT2D eigenvalue weighted by molar-refractivity contribution is 8.76. The summed E-state index contributed by atoms with van der Waals surface area (Å²) in [6.45, 7) is 19.3. The zero-order chi connectivity index (χ0) is 25.6. The number of carbonyl (C=O) groups is 1. The fourth-order valence-electron chi connectivity index (χ4n) is 2.81. The van der Waals surface area contributed by atoms with E-state index in [9.17, 15) is 4.79 Å². The number of hydrogen-bond acceptors (Lipinski definition) is 5. The van der Waals surface area contributed by atoms with E-state index in [1.165, 1.54) is 16.9 Å². The molecule has 2 unspecified atom stereocenters. The van der Waals surface area contributed by atoms with Crippen molar-refractivity contribution in [2.45, 2.75) is 83.0 Å². The lowest BCUT2D eigenvalue weighted by molar-refractivity contribution is -0.126. The Hall–Kier alpha value is -0.913. The second-order valence-corrected chi connectivity index (χ2v) is 18.5. The normalized spacial score (nSPS) is 13.5. The van der Waals surface area contributed by atoms with E-state index in [0.29, 0.717) is 37.1 Å². The van der Waals surface area contributed by atoms with Crippen LogP contribution in [0.5, 0.6) is 0 Å². The summed E-state index contributed by atoms with van der Waals surface area (Å²) in [6.07, 6.45) is 2.33. The minimum absolute atomic E-state index is 0.0338. The Balaban J connectivity index is 2.50. The number of amides is 1. The van der Waals surface area contributed by atoms with Gasteiger partial charge in [0.1, 0.15) is 12.0 Å². The maximum atomic E-state index is 11.8. The molecular weight excluding hydrogens is 479 g/mol. The maximum absolute atomic E-state index is 11.8. The molecule has 1 aromatic carbocycles. The Labute approximate surface area is 217 Å². The third kappa shape index (κ3) is 14.5. The molecule has 0 heterocycles. The standard InChI is InChI=1S/C27H45NO3S2Si/c1-21(2)11-10-16-28-26(29)20-30-17-18-31-27(23(5)34(6,7)8)33-32-25-13-9-12-24(19-25)15-14-22(3)4/h9,12-13,19,21-23,27H,14-18,20H2,1-8H3,(H,28,29). The van der Waals surface area contributed by atoms with Crippen LogP contribution in [0.3, 0.4) is 0 Å². The van der Waals surface area contributed by atoms with E-state index in [2.05, 4.69) is 81.8 Å². The van der Waals surface area contributed by atoms with Crippen molar-refractivity contribution in [1.82, 2.24) is 5.32 Å². The Morgan fingerprint density at radius 2 is 1.85 bits per heavy atom. The Kier molecular flexibility index (Phi) is 15.3. The largest absolute Gasteiger partial charge is 0.369 e. The van der Waals surface area contributed by atoms with Gasteiger partial charge in [0.25, 0.3) is 0 Å². The van der Waals surface area contributed by atoms with Crippen LogP contribution >= 0.6 is 21.6 Å². The highest BCUT2D eigenvalue weighted by atomic mass is 33.1. The molecule has 1 N–H and O–H groups in total. The van der Waals surface area contributed by atoms with Crippen LogP contribution in [0.1, 0.15) is 46.6 Å². The van der Waals surface area contributed by atoms with Crippen molar-refractivity contribution >= 4 is 35.6 Å². The van der Waals surface area contributed by atoms with Crippen LogP contribution in [0.2, 0.25) is 25.2 Å². The molecule has 2 atom stereocenters. The van der Waals surface area contributed by atoms with E-state index in [1.54, 1.807) is 21.6 Å². The molecule has 34 heavy (non-hydrogen) atoms. The average Bonchev–Trinajstić information content (AvgIpc) is 2.76. The minimum Gasteiger partial charge on any atom is -0.369 e. The van der Waals surface area contributed by atoms with Gasteiger partial charge < -0.3 is 14.8 Å². The molecule has 1 aromatic rings. The van der Waals surface area contributed by atoms with Gasteiger partial charge >= 0.3 is 0 Å². The van der Waals surface area contributed by atoms with E-state index in [-0.39, 0.29) is 18.0 Å². The maximum Gasteiger partial charge on any atom is 0.246 e. The molecule has 0 saturated carbocycles. The van der Waals surface area contributed by atoms with Crippen LogP contribution in [0.15, 0.2) is 29.2 Å². The summed E-state index contributed by atoms with van der Waals surface area (Å²) >= 11 is 0. The van der Waals surface area contributed by atoms with Gasteiger partial charge in [-0.25, -0.2) is 0 Å². The predicted octanol–water partition coefficient (Wildman–Crippen LogP) is 6.88. The molecular formula is C27H45NO3S2Si. The van der Waals surface area contributed by atoms with Crippen LogP contribution in [-0.2, 0) is 20.7 Å². The molecule has 0 spiro atoms. The molecule has 0 aliphatic rings. The predicted molar refractivity (Wildman–Crippen MR) is 152 cm³/mol. The first-order valence-corrected chi connectivity index (χ1v) is 18.1. The number of ether oxygens (including phenoxy) is 2. The van der Waals surface area contributed by atoms with Gasteiger partial charge in [0, 0.05) is 10.8 Å². The quantitative estimate of drug-likeness (QED) is 0.0893. The second-order valence-electron chi connectivity index (χ2n) is 10.5. The van der Waals surface area contributed by atoms with Crippen LogP contribution in [0.25, 0.3) is 0 Å².